The Balaban J connectivity index is 1.69. The van der Waals surface area contributed by atoms with E-state index in [1.54, 1.807) is 32.7 Å². The molecular weight excluding hydrogens is 366 g/mol. The number of aryl methyl sites for hydroxylation is 2. The van der Waals surface area contributed by atoms with Gasteiger partial charge in [-0.05, 0) is 54.8 Å². The summed E-state index contributed by atoms with van der Waals surface area (Å²) in [6.07, 6.45) is 3.25. The molecule has 1 aromatic heterocycles. The van der Waals surface area contributed by atoms with Crippen LogP contribution in [0.5, 0.6) is 11.5 Å². The number of ether oxygens (including phenoxy) is 2. The lowest BCUT2D eigenvalue weighted by molar-refractivity contribution is 0.102. The van der Waals surface area contributed by atoms with Gasteiger partial charge in [0.25, 0.3) is 5.91 Å². The van der Waals surface area contributed by atoms with Crippen molar-refractivity contribution >= 4 is 17.3 Å². The van der Waals surface area contributed by atoms with Gasteiger partial charge in [-0.1, -0.05) is 18.2 Å². The molecule has 3 aromatic rings. The molecule has 0 saturated carbocycles. The molecule has 2 N–H and O–H groups in total. The molecule has 0 unspecified atom stereocenters. The first-order chi connectivity index (χ1) is 14.0. The topological polar surface area (TPSA) is 72.5 Å². The van der Waals surface area contributed by atoms with Gasteiger partial charge in [0, 0.05) is 24.6 Å². The number of carbonyl (C=O) groups is 1. The zero-order chi connectivity index (χ0) is 20.8. The summed E-state index contributed by atoms with van der Waals surface area (Å²) in [5.74, 6) is 1.16. The largest absolute Gasteiger partial charge is 0.493 e. The van der Waals surface area contributed by atoms with Gasteiger partial charge in [0.15, 0.2) is 11.5 Å². The quantitative estimate of drug-likeness (QED) is 0.617. The first-order valence-electron chi connectivity index (χ1n) is 9.28. The van der Waals surface area contributed by atoms with E-state index in [4.69, 9.17) is 9.47 Å². The average molecular weight is 391 g/mol. The lowest BCUT2D eigenvalue weighted by atomic mass is 10.1. The van der Waals surface area contributed by atoms with Crippen LogP contribution in [0.25, 0.3) is 0 Å². The highest BCUT2D eigenvalue weighted by molar-refractivity contribution is 6.05. The third kappa shape index (κ3) is 5.04. The number of rotatable bonds is 7. The monoisotopic (exact) mass is 391 g/mol. The molecule has 6 heteroatoms. The second-order valence-corrected chi connectivity index (χ2v) is 6.78. The van der Waals surface area contributed by atoms with Crippen molar-refractivity contribution in [1.29, 1.82) is 0 Å². The van der Waals surface area contributed by atoms with Gasteiger partial charge in [0.2, 0.25) is 0 Å². The van der Waals surface area contributed by atoms with Gasteiger partial charge in [0.05, 0.1) is 25.5 Å². The summed E-state index contributed by atoms with van der Waals surface area (Å²) >= 11 is 0. The summed E-state index contributed by atoms with van der Waals surface area (Å²) in [7, 11) is 3.22. The molecule has 1 heterocycles. The van der Waals surface area contributed by atoms with Gasteiger partial charge in [0.1, 0.15) is 0 Å². The second-order valence-electron chi connectivity index (χ2n) is 6.78. The molecule has 0 aliphatic heterocycles. The molecule has 0 aliphatic carbocycles. The lowest BCUT2D eigenvalue weighted by Gasteiger charge is -2.12. The Morgan fingerprint density at radius 3 is 2.52 bits per heavy atom. The Kier molecular flexibility index (Phi) is 6.34. The molecule has 29 heavy (non-hydrogen) atoms. The number of anilines is 2. The first kappa shape index (κ1) is 20.2. The predicted octanol–water partition coefficient (Wildman–Crippen LogP) is 4.58. The minimum atomic E-state index is -0.194. The summed E-state index contributed by atoms with van der Waals surface area (Å²) in [5.41, 5.74) is 5.18. The molecule has 0 bridgehead atoms. The van der Waals surface area contributed by atoms with E-state index in [9.17, 15) is 4.79 Å². The lowest BCUT2D eigenvalue weighted by Crippen LogP contribution is -2.13. The number of amides is 1. The maximum atomic E-state index is 12.6. The fraction of sp³-hybridized carbons (Fsp3) is 0.217. The van der Waals surface area contributed by atoms with Gasteiger partial charge < -0.3 is 20.1 Å². The van der Waals surface area contributed by atoms with E-state index in [0.717, 1.165) is 28.1 Å². The molecule has 0 saturated heterocycles. The third-order valence-corrected chi connectivity index (χ3v) is 4.59. The van der Waals surface area contributed by atoms with Crippen molar-refractivity contribution in [3.05, 3.63) is 77.1 Å². The van der Waals surface area contributed by atoms with Crippen molar-refractivity contribution < 1.29 is 14.3 Å². The van der Waals surface area contributed by atoms with E-state index in [-0.39, 0.29) is 5.91 Å². The Morgan fingerprint density at radius 1 is 0.966 bits per heavy atom. The number of benzene rings is 2. The van der Waals surface area contributed by atoms with E-state index in [0.29, 0.717) is 23.6 Å². The standard InChI is InChI=1S/C23H25N3O3/c1-15-5-6-16(2)20(9-15)26-23(27)18-11-19(14-24-13-18)25-12-17-7-8-21(28-3)22(10-17)29-4/h5-11,13-14,25H,12H2,1-4H3,(H,26,27). The molecule has 0 radical (unpaired) electrons. The summed E-state index contributed by atoms with van der Waals surface area (Å²) in [5, 5.41) is 6.25. The van der Waals surface area contributed by atoms with Gasteiger partial charge in [-0.3, -0.25) is 9.78 Å². The first-order valence-corrected chi connectivity index (χ1v) is 9.28. The van der Waals surface area contributed by atoms with Crippen LogP contribution in [0, 0.1) is 13.8 Å². The highest BCUT2D eigenvalue weighted by Crippen LogP contribution is 2.28. The average Bonchev–Trinajstić information content (AvgIpc) is 2.74. The van der Waals surface area contributed by atoms with Crippen LogP contribution in [0.1, 0.15) is 27.0 Å². The zero-order valence-corrected chi connectivity index (χ0v) is 17.1. The Hall–Kier alpha value is -3.54. The maximum Gasteiger partial charge on any atom is 0.257 e. The summed E-state index contributed by atoms with van der Waals surface area (Å²) < 4.78 is 10.6. The van der Waals surface area contributed by atoms with Crippen LogP contribution in [0.3, 0.4) is 0 Å². The van der Waals surface area contributed by atoms with Crippen LogP contribution in [0.15, 0.2) is 54.9 Å². The van der Waals surface area contributed by atoms with Crippen LogP contribution in [0.2, 0.25) is 0 Å². The number of methoxy groups -OCH3 is 2. The van der Waals surface area contributed by atoms with Crippen molar-refractivity contribution in [2.75, 3.05) is 24.9 Å². The van der Waals surface area contributed by atoms with Crippen molar-refractivity contribution in [3.63, 3.8) is 0 Å². The van der Waals surface area contributed by atoms with E-state index >= 15 is 0 Å². The van der Waals surface area contributed by atoms with Crippen molar-refractivity contribution in [3.8, 4) is 11.5 Å². The minimum Gasteiger partial charge on any atom is -0.493 e. The van der Waals surface area contributed by atoms with Crippen LogP contribution >= 0.6 is 0 Å². The summed E-state index contributed by atoms with van der Waals surface area (Å²) in [6.45, 7) is 4.52. The molecule has 0 fully saturated rings. The van der Waals surface area contributed by atoms with Gasteiger partial charge in [-0.15, -0.1) is 0 Å². The number of aromatic nitrogens is 1. The second kappa shape index (κ2) is 9.10. The number of hydrogen-bond donors (Lipinski definition) is 2. The van der Waals surface area contributed by atoms with Crippen molar-refractivity contribution in [2.45, 2.75) is 20.4 Å². The maximum absolute atomic E-state index is 12.6. The van der Waals surface area contributed by atoms with E-state index in [1.165, 1.54) is 0 Å². The molecule has 3 rings (SSSR count). The van der Waals surface area contributed by atoms with E-state index < -0.39 is 0 Å². The van der Waals surface area contributed by atoms with Crippen molar-refractivity contribution in [2.24, 2.45) is 0 Å². The Morgan fingerprint density at radius 2 is 1.76 bits per heavy atom. The van der Waals surface area contributed by atoms with E-state index in [2.05, 4.69) is 15.6 Å². The minimum absolute atomic E-state index is 0.194. The number of nitrogens with one attached hydrogen (secondary N) is 2. The van der Waals surface area contributed by atoms with Gasteiger partial charge in [-0.2, -0.15) is 0 Å². The highest BCUT2D eigenvalue weighted by atomic mass is 16.5. The Labute approximate surface area is 170 Å². The molecule has 0 atom stereocenters. The molecule has 6 nitrogen and oxygen atoms in total. The van der Waals surface area contributed by atoms with Crippen LogP contribution in [-0.2, 0) is 6.54 Å². The van der Waals surface area contributed by atoms with Crippen LogP contribution in [-0.4, -0.2) is 25.1 Å². The third-order valence-electron chi connectivity index (χ3n) is 4.59. The molecule has 2 aromatic carbocycles. The molecule has 0 aliphatic rings. The molecular formula is C23H25N3O3. The predicted molar refractivity (Wildman–Crippen MR) is 115 cm³/mol. The van der Waals surface area contributed by atoms with Gasteiger partial charge in [-0.25, -0.2) is 0 Å². The normalized spacial score (nSPS) is 10.3. The highest BCUT2D eigenvalue weighted by Gasteiger charge is 2.10. The molecule has 0 spiro atoms. The number of nitrogens with zero attached hydrogens (tertiary/aromatic N) is 1. The SMILES string of the molecule is COc1ccc(CNc2cncc(C(=O)Nc3cc(C)ccc3C)c2)cc1OC. The zero-order valence-electron chi connectivity index (χ0n) is 17.1. The molecule has 150 valence electrons. The smallest absolute Gasteiger partial charge is 0.257 e. The number of carbonyl (C=O) groups excluding carboxylic acids is 1. The van der Waals surface area contributed by atoms with Crippen molar-refractivity contribution in [1.82, 2.24) is 4.98 Å². The fourth-order valence-electron chi connectivity index (χ4n) is 2.92. The molecule has 1 amide bonds. The van der Waals surface area contributed by atoms with Crippen LogP contribution in [0.4, 0.5) is 11.4 Å². The van der Waals surface area contributed by atoms with E-state index in [1.807, 2.05) is 50.2 Å². The van der Waals surface area contributed by atoms with Gasteiger partial charge >= 0.3 is 0 Å². The fourth-order valence-corrected chi connectivity index (χ4v) is 2.92. The Bertz CT molecular complexity index is 1020. The van der Waals surface area contributed by atoms with Crippen LogP contribution < -0.4 is 20.1 Å². The summed E-state index contributed by atoms with van der Waals surface area (Å²) in [6, 6.07) is 13.5. The number of hydrogen-bond acceptors (Lipinski definition) is 5. The number of pyridine rings is 1. The summed E-state index contributed by atoms with van der Waals surface area (Å²) in [4.78, 5) is 16.8.